The highest BCUT2D eigenvalue weighted by atomic mass is 35.5. The minimum absolute atomic E-state index is 0.0959. The predicted octanol–water partition coefficient (Wildman–Crippen LogP) is 3.08. The minimum Gasteiger partial charge on any atom is -0.475 e. The van der Waals surface area contributed by atoms with Gasteiger partial charge in [0.2, 0.25) is 0 Å². The van der Waals surface area contributed by atoms with Gasteiger partial charge in [-0.2, -0.15) is 18.3 Å². The maximum Gasteiger partial charge on any atom is 0.490 e. The molecule has 0 aliphatic carbocycles. The Kier molecular flexibility index (Phi) is 8.87. The number of H-pyrrole nitrogens is 1. The number of rotatable bonds is 4. The molecule has 5 N–H and O–H groups in total. The molecule has 0 bridgehead atoms. The van der Waals surface area contributed by atoms with Crippen LogP contribution < -0.4 is 16.0 Å². The second-order valence-electron chi connectivity index (χ2n) is 6.51. The summed E-state index contributed by atoms with van der Waals surface area (Å²) in [6.07, 6.45) is -1.99. The van der Waals surface area contributed by atoms with E-state index in [4.69, 9.17) is 33.1 Å². The number of piperidine rings is 1. The standard InChI is InChI=1S/C16H17Cl2N5O2.C2HF3O2/c17-10-2-1-3-11(18)13(10)15(24)22-12-8-20-23-14(12)16(25)21-9-4-6-19-7-5-9;3-2(4,5)1(6)7/h1-3,8-9,19H,4-7H2,(H,20,23)(H,21,25)(H,22,24);(H,6,7). The summed E-state index contributed by atoms with van der Waals surface area (Å²) in [5.41, 5.74) is 0.610. The van der Waals surface area contributed by atoms with Crippen LogP contribution in [0.15, 0.2) is 24.4 Å². The van der Waals surface area contributed by atoms with Crippen LogP contribution >= 0.6 is 23.2 Å². The number of benzene rings is 1. The number of aromatic nitrogens is 2. The molecule has 1 aliphatic rings. The average Bonchev–Trinajstić information content (AvgIpc) is 3.16. The molecule has 1 aromatic carbocycles. The number of nitrogens with one attached hydrogen (secondary N) is 4. The molecule has 1 fully saturated rings. The third-order valence-corrected chi connectivity index (χ3v) is 4.85. The molecule has 174 valence electrons. The van der Waals surface area contributed by atoms with Crippen LogP contribution in [0.5, 0.6) is 0 Å². The third kappa shape index (κ3) is 7.11. The van der Waals surface area contributed by atoms with E-state index in [9.17, 15) is 22.8 Å². The number of alkyl halides is 3. The molecule has 0 atom stereocenters. The predicted molar refractivity (Wildman–Crippen MR) is 110 cm³/mol. The van der Waals surface area contributed by atoms with E-state index >= 15 is 0 Å². The number of aromatic amines is 1. The summed E-state index contributed by atoms with van der Waals surface area (Å²) in [7, 11) is 0. The minimum atomic E-state index is -5.08. The van der Waals surface area contributed by atoms with Gasteiger partial charge in [0.25, 0.3) is 11.8 Å². The molecule has 0 spiro atoms. The van der Waals surface area contributed by atoms with Gasteiger partial charge in [-0.1, -0.05) is 29.3 Å². The first-order valence-corrected chi connectivity index (χ1v) is 9.86. The summed E-state index contributed by atoms with van der Waals surface area (Å²) in [5.74, 6) is -3.58. The highest BCUT2D eigenvalue weighted by Crippen LogP contribution is 2.25. The molecule has 3 rings (SSSR count). The van der Waals surface area contributed by atoms with E-state index < -0.39 is 18.1 Å². The maximum absolute atomic E-state index is 12.5. The molecule has 0 saturated carbocycles. The second kappa shape index (κ2) is 11.2. The van der Waals surface area contributed by atoms with Crippen molar-refractivity contribution in [1.29, 1.82) is 0 Å². The van der Waals surface area contributed by atoms with Gasteiger partial charge in [0.1, 0.15) is 5.69 Å². The summed E-state index contributed by atoms with van der Waals surface area (Å²) in [6, 6.07) is 4.89. The SMILES string of the molecule is O=C(NC1CCNCC1)c1[nH]ncc1NC(=O)c1c(Cl)cccc1Cl.O=C(O)C(F)(F)F. The highest BCUT2D eigenvalue weighted by molar-refractivity contribution is 6.40. The Balaban J connectivity index is 0.000000451. The molecule has 32 heavy (non-hydrogen) atoms. The molecule has 2 aromatic rings. The fourth-order valence-corrected chi connectivity index (χ4v) is 3.25. The monoisotopic (exact) mass is 495 g/mol. The molecule has 0 unspecified atom stereocenters. The van der Waals surface area contributed by atoms with E-state index in [0.717, 1.165) is 25.9 Å². The number of nitrogens with zero attached hydrogens (tertiary/aromatic N) is 1. The Morgan fingerprint density at radius 3 is 2.19 bits per heavy atom. The number of carbonyl (C=O) groups excluding carboxylic acids is 2. The molecule has 2 heterocycles. The van der Waals surface area contributed by atoms with Crippen LogP contribution in [0.1, 0.15) is 33.7 Å². The van der Waals surface area contributed by atoms with Crippen molar-refractivity contribution in [1.82, 2.24) is 20.8 Å². The fraction of sp³-hybridized carbons (Fsp3) is 0.333. The summed E-state index contributed by atoms with van der Waals surface area (Å²) in [6.45, 7) is 1.73. The number of carboxylic acids is 1. The zero-order chi connectivity index (χ0) is 23.9. The Hall–Kier alpha value is -2.83. The van der Waals surface area contributed by atoms with E-state index in [1.807, 2.05) is 0 Å². The normalized spacial score (nSPS) is 14.2. The number of carbonyl (C=O) groups is 3. The average molecular weight is 496 g/mol. The Labute approximate surface area is 189 Å². The van der Waals surface area contributed by atoms with Crippen molar-refractivity contribution in [3.8, 4) is 0 Å². The van der Waals surface area contributed by atoms with Crippen LogP contribution in [0, 0.1) is 0 Å². The Morgan fingerprint density at radius 2 is 1.66 bits per heavy atom. The first kappa shape index (κ1) is 25.4. The van der Waals surface area contributed by atoms with E-state index in [1.165, 1.54) is 6.20 Å². The first-order chi connectivity index (χ1) is 15.0. The number of carboxylic acid groups (broad SMARTS) is 1. The molecular formula is C18H18Cl2F3N5O4. The third-order valence-electron chi connectivity index (χ3n) is 4.22. The molecule has 14 heteroatoms. The van der Waals surface area contributed by atoms with Gasteiger partial charge in [-0.05, 0) is 38.1 Å². The van der Waals surface area contributed by atoms with Crippen molar-refractivity contribution in [3.05, 3.63) is 45.7 Å². The van der Waals surface area contributed by atoms with Crippen molar-refractivity contribution >= 4 is 46.7 Å². The van der Waals surface area contributed by atoms with Gasteiger partial charge in [-0.3, -0.25) is 14.7 Å². The number of hydrogen-bond donors (Lipinski definition) is 5. The highest BCUT2D eigenvalue weighted by Gasteiger charge is 2.38. The zero-order valence-corrected chi connectivity index (χ0v) is 17.7. The molecule has 1 aliphatic heterocycles. The first-order valence-electron chi connectivity index (χ1n) is 9.11. The van der Waals surface area contributed by atoms with Gasteiger partial charge in [-0.25, -0.2) is 4.79 Å². The van der Waals surface area contributed by atoms with Gasteiger partial charge in [0, 0.05) is 6.04 Å². The van der Waals surface area contributed by atoms with Crippen LogP contribution in [0.4, 0.5) is 18.9 Å². The lowest BCUT2D eigenvalue weighted by Gasteiger charge is -2.23. The van der Waals surface area contributed by atoms with Gasteiger partial charge in [0.05, 0.1) is 27.5 Å². The van der Waals surface area contributed by atoms with Crippen LogP contribution in [-0.2, 0) is 4.79 Å². The van der Waals surface area contributed by atoms with E-state index in [2.05, 4.69) is 26.1 Å². The number of aliphatic carboxylic acids is 1. The van der Waals surface area contributed by atoms with Crippen LogP contribution in [0.3, 0.4) is 0 Å². The zero-order valence-electron chi connectivity index (χ0n) is 16.2. The lowest BCUT2D eigenvalue weighted by Crippen LogP contribution is -2.43. The quantitative estimate of drug-likeness (QED) is 0.442. The van der Waals surface area contributed by atoms with Crippen molar-refractivity contribution in [2.24, 2.45) is 0 Å². The van der Waals surface area contributed by atoms with Crippen LogP contribution in [-0.4, -0.2) is 58.4 Å². The smallest absolute Gasteiger partial charge is 0.475 e. The second-order valence-corrected chi connectivity index (χ2v) is 7.32. The van der Waals surface area contributed by atoms with Crippen LogP contribution in [0.2, 0.25) is 10.0 Å². The molecule has 1 saturated heterocycles. The van der Waals surface area contributed by atoms with Gasteiger partial charge < -0.3 is 21.1 Å². The van der Waals surface area contributed by atoms with Crippen molar-refractivity contribution in [2.75, 3.05) is 18.4 Å². The molecular weight excluding hydrogens is 478 g/mol. The molecule has 0 radical (unpaired) electrons. The van der Waals surface area contributed by atoms with Crippen molar-refractivity contribution in [3.63, 3.8) is 0 Å². The van der Waals surface area contributed by atoms with Crippen molar-refractivity contribution < 1.29 is 32.7 Å². The molecule has 2 amide bonds. The fourth-order valence-electron chi connectivity index (χ4n) is 2.68. The van der Waals surface area contributed by atoms with Gasteiger partial charge >= 0.3 is 12.1 Å². The van der Waals surface area contributed by atoms with Crippen molar-refractivity contribution in [2.45, 2.75) is 25.1 Å². The van der Waals surface area contributed by atoms with Gasteiger partial charge in [-0.15, -0.1) is 0 Å². The van der Waals surface area contributed by atoms with E-state index in [1.54, 1.807) is 18.2 Å². The van der Waals surface area contributed by atoms with E-state index in [0.29, 0.717) is 0 Å². The summed E-state index contributed by atoms with van der Waals surface area (Å²) < 4.78 is 31.7. The lowest BCUT2D eigenvalue weighted by atomic mass is 10.1. The number of halogens is 5. The topological polar surface area (TPSA) is 136 Å². The number of anilines is 1. The van der Waals surface area contributed by atoms with E-state index in [-0.39, 0.29) is 38.9 Å². The van der Waals surface area contributed by atoms with Gasteiger partial charge in [0.15, 0.2) is 0 Å². The lowest BCUT2D eigenvalue weighted by molar-refractivity contribution is -0.192. The summed E-state index contributed by atoms with van der Waals surface area (Å²) in [4.78, 5) is 33.8. The Morgan fingerprint density at radius 1 is 1.09 bits per heavy atom. The number of amides is 2. The maximum atomic E-state index is 12.5. The largest absolute Gasteiger partial charge is 0.490 e. The molecule has 1 aromatic heterocycles. The van der Waals surface area contributed by atoms with Crippen LogP contribution in [0.25, 0.3) is 0 Å². The summed E-state index contributed by atoms with van der Waals surface area (Å²) >= 11 is 12.1. The summed E-state index contributed by atoms with van der Waals surface area (Å²) in [5, 5.41) is 22.9. The molecule has 9 nitrogen and oxygen atoms in total. The Bertz CT molecular complexity index is 958. The number of hydrogen-bond acceptors (Lipinski definition) is 5.